The van der Waals surface area contributed by atoms with Crippen molar-refractivity contribution in [1.82, 2.24) is 9.62 Å². The van der Waals surface area contributed by atoms with Crippen LogP contribution in [0.2, 0.25) is 0 Å². The van der Waals surface area contributed by atoms with Gasteiger partial charge in [-0.2, -0.15) is 17.5 Å². The Morgan fingerprint density at radius 3 is 2.46 bits per heavy atom. The molecule has 2 heterocycles. The summed E-state index contributed by atoms with van der Waals surface area (Å²) in [7, 11) is -4.41. The van der Waals surface area contributed by atoms with Gasteiger partial charge in [0.15, 0.2) is 0 Å². The van der Waals surface area contributed by atoms with Gasteiger partial charge in [0, 0.05) is 37.3 Å². The van der Waals surface area contributed by atoms with Gasteiger partial charge in [-0.15, -0.1) is 12.4 Å². The third-order valence-corrected chi connectivity index (χ3v) is 6.51. The number of non-ortho nitro benzene ring substituents is 1. The summed E-state index contributed by atoms with van der Waals surface area (Å²) >= 11 is 0. The van der Waals surface area contributed by atoms with Gasteiger partial charge < -0.3 is 5.32 Å². The van der Waals surface area contributed by atoms with Gasteiger partial charge in [0.25, 0.3) is 5.69 Å². The van der Waals surface area contributed by atoms with Crippen molar-refractivity contribution in [3.63, 3.8) is 0 Å². The largest absolute Gasteiger partial charge is 0.417 e. The minimum absolute atomic E-state index is 0. The Hall–Kier alpha value is -1.43. The summed E-state index contributed by atoms with van der Waals surface area (Å²) in [6, 6.07) is 1.81. The number of nitrogens with zero attached hydrogens (tertiary/aromatic N) is 2. The lowest BCUT2D eigenvalue weighted by molar-refractivity contribution is -0.385. The third kappa shape index (κ3) is 3.95. The molecule has 0 amide bonds. The molecule has 0 aliphatic carbocycles. The first-order valence-electron chi connectivity index (χ1n) is 7.71. The van der Waals surface area contributed by atoms with Crippen LogP contribution in [-0.2, 0) is 16.2 Å². The number of nitro benzene ring substituents is 1. The molecule has 1 aromatic carbocycles. The van der Waals surface area contributed by atoms with Crippen LogP contribution in [0.4, 0.5) is 18.9 Å². The molecule has 1 N–H and O–H groups in total. The Bertz CT molecular complexity index is 803. The molecule has 3 rings (SSSR count). The van der Waals surface area contributed by atoms with Crippen molar-refractivity contribution < 1.29 is 26.5 Å². The molecule has 2 fully saturated rings. The van der Waals surface area contributed by atoms with E-state index in [2.05, 4.69) is 5.32 Å². The normalized spacial score (nSPS) is 24.0. The molecule has 0 saturated carbocycles. The molecule has 0 aromatic heterocycles. The van der Waals surface area contributed by atoms with Gasteiger partial charge in [-0.1, -0.05) is 0 Å². The standard InChI is InChI=1S/C14H16F3N3O4S.ClH/c15-14(16,17)12-7-11(20(21)22)3-4-13(12)25(23,24)19-6-5-9-1-2-10(8-19)18-9;/h3-4,7,9-10,18H,1-2,5-6,8H2;1H. The number of alkyl halides is 3. The number of nitrogens with one attached hydrogen (secondary N) is 1. The molecule has 0 radical (unpaired) electrons. The van der Waals surface area contributed by atoms with Gasteiger partial charge in [0.1, 0.15) is 0 Å². The second-order valence-corrected chi connectivity index (χ2v) is 8.13. The van der Waals surface area contributed by atoms with Crippen molar-refractivity contribution in [2.24, 2.45) is 0 Å². The zero-order valence-corrected chi connectivity index (χ0v) is 15.0. The first-order chi connectivity index (χ1) is 11.6. The predicted molar refractivity (Wildman–Crippen MR) is 88.7 cm³/mol. The van der Waals surface area contributed by atoms with Crippen LogP contribution >= 0.6 is 12.4 Å². The van der Waals surface area contributed by atoms with Gasteiger partial charge in [0.2, 0.25) is 10.0 Å². The first-order valence-corrected chi connectivity index (χ1v) is 9.15. The lowest BCUT2D eigenvalue weighted by Crippen LogP contribution is -2.39. The Morgan fingerprint density at radius 1 is 1.19 bits per heavy atom. The van der Waals surface area contributed by atoms with Crippen LogP contribution in [0.3, 0.4) is 0 Å². The maximum atomic E-state index is 13.3. The van der Waals surface area contributed by atoms with Crippen molar-refractivity contribution in [1.29, 1.82) is 0 Å². The molecular weight excluding hydrogens is 399 g/mol. The van der Waals surface area contributed by atoms with E-state index in [1.54, 1.807) is 0 Å². The highest BCUT2D eigenvalue weighted by molar-refractivity contribution is 7.89. The molecule has 7 nitrogen and oxygen atoms in total. The average Bonchev–Trinajstić information content (AvgIpc) is 2.84. The van der Waals surface area contributed by atoms with E-state index in [-0.39, 0.29) is 43.6 Å². The van der Waals surface area contributed by atoms with Crippen LogP contribution in [0.25, 0.3) is 0 Å². The molecule has 2 unspecified atom stereocenters. The fourth-order valence-corrected chi connectivity index (χ4v) is 5.04. The van der Waals surface area contributed by atoms with Gasteiger partial charge in [-0.05, 0) is 25.3 Å². The summed E-state index contributed by atoms with van der Waals surface area (Å²) in [6.45, 7) is 0.206. The molecule has 2 saturated heterocycles. The minimum Gasteiger partial charge on any atom is -0.310 e. The van der Waals surface area contributed by atoms with Crippen molar-refractivity contribution in [3.05, 3.63) is 33.9 Å². The van der Waals surface area contributed by atoms with Crippen LogP contribution in [-0.4, -0.2) is 42.8 Å². The molecule has 2 bridgehead atoms. The van der Waals surface area contributed by atoms with E-state index in [0.717, 1.165) is 23.2 Å². The minimum atomic E-state index is -5.02. The Morgan fingerprint density at radius 2 is 1.85 bits per heavy atom. The van der Waals surface area contributed by atoms with Gasteiger partial charge in [-0.3, -0.25) is 10.1 Å². The highest BCUT2D eigenvalue weighted by Crippen LogP contribution is 2.38. The molecule has 146 valence electrons. The predicted octanol–water partition coefficient (Wildman–Crippen LogP) is 2.55. The van der Waals surface area contributed by atoms with E-state index in [9.17, 15) is 31.7 Å². The third-order valence-electron chi connectivity index (χ3n) is 4.58. The molecule has 0 spiro atoms. The van der Waals surface area contributed by atoms with Crippen LogP contribution in [0, 0.1) is 10.1 Å². The molecule has 12 heteroatoms. The van der Waals surface area contributed by atoms with E-state index < -0.39 is 37.3 Å². The summed E-state index contributed by atoms with van der Waals surface area (Å²) in [6.07, 6.45) is -2.81. The second-order valence-electron chi connectivity index (χ2n) is 6.22. The van der Waals surface area contributed by atoms with Gasteiger partial charge in [-0.25, -0.2) is 8.42 Å². The zero-order chi connectivity index (χ0) is 18.4. The van der Waals surface area contributed by atoms with E-state index in [4.69, 9.17) is 0 Å². The number of hydrogen-bond acceptors (Lipinski definition) is 5. The molecular formula is C14H17ClF3N3O4S. The number of sulfonamides is 1. The fraction of sp³-hybridized carbons (Fsp3) is 0.571. The van der Waals surface area contributed by atoms with E-state index >= 15 is 0 Å². The fourth-order valence-electron chi connectivity index (χ4n) is 3.35. The average molecular weight is 416 g/mol. The van der Waals surface area contributed by atoms with E-state index in [1.165, 1.54) is 0 Å². The number of rotatable bonds is 3. The lowest BCUT2D eigenvalue weighted by Gasteiger charge is -2.25. The first kappa shape index (κ1) is 20.9. The highest BCUT2D eigenvalue weighted by Gasteiger charge is 2.42. The second kappa shape index (κ2) is 7.29. The summed E-state index contributed by atoms with van der Waals surface area (Å²) in [5.74, 6) is 0. The summed E-state index contributed by atoms with van der Waals surface area (Å²) in [5.41, 5.74) is -2.31. The number of benzene rings is 1. The van der Waals surface area contributed by atoms with Crippen molar-refractivity contribution >= 4 is 28.1 Å². The van der Waals surface area contributed by atoms with Gasteiger partial charge >= 0.3 is 6.18 Å². The number of nitro groups is 1. The SMILES string of the molecule is Cl.O=[N+]([O-])c1ccc(S(=O)(=O)N2CCC3CCC(C2)N3)c(C(F)(F)F)c1. The molecule has 2 aliphatic rings. The highest BCUT2D eigenvalue weighted by atomic mass is 35.5. The van der Waals surface area contributed by atoms with Gasteiger partial charge in [0.05, 0.1) is 15.4 Å². The van der Waals surface area contributed by atoms with Crippen LogP contribution in [0.1, 0.15) is 24.8 Å². The monoisotopic (exact) mass is 415 g/mol. The summed E-state index contributed by atoms with van der Waals surface area (Å²) in [5, 5.41) is 14.0. The van der Waals surface area contributed by atoms with E-state index in [1.807, 2.05) is 0 Å². The van der Waals surface area contributed by atoms with E-state index in [0.29, 0.717) is 12.5 Å². The van der Waals surface area contributed by atoms with Crippen LogP contribution in [0.5, 0.6) is 0 Å². The van der Waals surface area contributed by atoms with Crippen molar-refractivity contribution in [3.8, 4) is 0 Å². The quantitative estimate of drug-likeness (QED) is 0.605. The number of hydrogen-bond donors (Lipinski definition) is 1. The molecule has 26 heavy (non-hydrogen) atoms. The number of halogens is 4. The lowest BCUT2D eigenvalue weighted by atomic mass is 10.1. The topological polar surface area (TPSA) is 92.5 Å². The Kier molecular flexibility index (Phi) is 5.86. The van der Waals surface area contributed by atoms with Crippen LogP contribution < -0.4 is 5.32 Å². The van der Waals surface area contributed by atoms with Crippen LogP contribution in [0.15, 0.2) is 23.1 Å². The van der Waals surface area contributed by atoms with Crippen molar-refractivity contribution in [2.45, 2.75) is 42.4 Å². The number of fused-ring (bicyclic) bond motifs is 2. The molecule has 1 aromatic rings. The molecule has 2 aliphatic heterocycles. The maximum absolute atomic E-state index is 13.3. The summed E-state index contributed by atoms with van der Waals surface area (Å²) < 4.78 is 66.5. The Balaban J connectivity index is 0.00000243. The Labute approximate surface area is 154 Å². The maximum Gasteiger partial charge on any atom is 0.417 e. The zero-order valence-electron chi connectivity index (χ0n) is 13.4. The smallest absolute Gasteiger partial charge is 0.310 e. The molecule has 2 atom stereocenters. The van der Waals surface area contributed by atoms with Crippen molar-refractivity contribution in [2.75, 3.05) is 13.1 Å². The summed E-state index contributed by atoms with van der Waals surface area (Å²) in [4.78, 5) is 8.82.